The van der Waals surface area contributed by atoms with Crippen molar-refractivity contribution in [2.24, 2.45) is 5.92 Å². The van der Waals surface area contributed by atoms with E-state index in [1.807, 2.05) is 60.7 Å². The summed E-state index contributed by atoms with van der Waals surface area (Å²) in [6.07, 6.45) is 3.19. The molecule has 9 nitrogen and oxygen atoms in total. The van der Waals surface area contributed by atoms with Crippen molar-refractivity contribution < 1.29 is 14.2 Å². The van der Waals surface area contributed by atoms with E-state index in [-0.39, 0.29) is 29.9 Å². The van der Waals surface area contributed by atoms with Crippen LogP contribution in [0.4, 0.5) is 0 Å². The Labute approximate surface area is 201 Å². The number of rotatable bonds is 8. The minimum absolute atomic E-state index is 0.0402. The maximum atomic E-state index is 13.0. The molecule has 1 fully saturated rings. The molecule has 0 saturated heterocycles. The molecule has 1 aliphatic carbocycles. The number of benzene rings is 2. The Morgan fingerprint density at radius 2 is 1.74 bits per heavy atom. The van der Waals surface area contributed by atoms with Gasteiger partial charge < -0.3 is 14.2 Å². The molecule has 2 aliphatic rings. The van der Waals surface area contributed by atoms with Crippen LogP contribution >= 0.6 is 0 Å². The predicted molar refractivity (Wildman–Crippen MR) is 126 cm³/mol. The third-order valence-corrected chi connectivity index (χ3v) is 6.63. The molecular weight excluding hydrogens is 446 g/mol. The minimum Gasteiger partial charge on any atom is -0.473 e. The van der Waals surface area contributed by atoms with Crippen LogP contribution in [0.1, 0.15) is 23.6 Å². The Hall–Kier alpha value is -3.82. The first-order valence-electron chi connectivity index (χ1n) is 11.7. The molecule has 35 heavy (non-hydrogen) atoms. The number of fused-ring (bicyclic) bond motifs is 3. The van der Waals surface area contributed by atoms with Crippen molar-refractivity contribution in [1.82, 2.24) is 24.3 Å². The lowest BCUT2D eigenvalue weighted by atomic mass is 10.0. The Kier molecular flexibility index (Phi) is 5.85. The highest BCUT2D eigenvalue weighted by atomic mass is 16.5. The first kappa shape index (κ1) is 21.7. The minimum atomic E-state index is -0.367. The van der Waals surface area contributed by atoms with Gasteiger partial charge >= 0.3 is 5.69 Å². The highest BCUT2D eigenvalue weighted by molar-refractivity contribution is 5.30. The first-order valence-corrected chi connectivity index (χ1v) is 11.7. The smallest absolute Gasteiger partial charge is 0.352 e. The van der Waals surface area contributed by atoms with Gasteiger partial charge in [0.05, 0.1) is 32.0 Å². The zero-order chi connectivity index (χ0) is 23.6. The summed E-state index contributed by atoms with van der Waals surface area (Å²) in [5.41, 5.74) is 1.84. The molecule has 178 valence electrons. The first-order chi connectivity index (χ1) is 17.3. The topological polar surface area (TPSA) is 93.3 Å². The SMILES string of the molecule is O=c1nc(-n2cncn2)cc2n1[C@@H]1C[C@@H](OCc3ccccc3)[C@H](COCc3ccccc3)[C@@H]1O2. The molecule has 0 amide bonds. The van der Waals surface area contributed by atoms with E-state index in [4.69, 9.17) is 14.2 Å². The molecule has 2 aromatic heterocycles. The Morgan fingerprint density at radius 1 is 1.00 bits per heavy atom. The van der Waals surface area contributed by atoms with E-state index in [0.29, 0.717) is 37.9 Å². The van der Waals surface area contributed by atoms with Gasteiger partial charge in [-0.25, -0.2) is 14.5 Å². The summed E-state index contributed by atoms with van der Waals surface area (Å²) in [5, 5.41) is 4.07. The Bertz CT molecular complexity index is 1330. The quantitative estimate of drug-likeness (QED) is 0.390. The third kappa shape index (κ3) is 4.36. The van der Waals surface area contributed by atoms with Gasteiger partial charge in [-0.1, -0.05) is 60.7 Å². The van der Waals surface area contributed by atoms with Gasteiger partial charge in [0.1, 0.15) is 18.8 Å². The highest BCUT2D eigenvalue weighted by Gasteiger charge is 2.51. The fourth-order valence-corrected chi connectivity index (χ4v) is 4.96. The van der Waals surface area contributed by atoms with E-state index in [2.05, 4.69) is 15.1 Å². The average Bonchev–Trinajstić information content (AvgIpc) is 3.61. The van der Waals surface area contributed by atoms with E-state index in [1.165, 1.54) is 17.3 Å². The summed E-state index contributed by atoms with van der Waals surface area (Å²) >= 11 is 0. The number of ether oxygens (including phenoxy) is 3. The molecule has 6 rings (SSSR count). The second kappa shape index (κ2) is 9.44. The lowest BCUT2D eigenvalue weighted by Crippen LogP contribution is -2.33. The fraction of sp³-hybridized carbons (Fsp3) is 0.308. The summed E-state index contributed by atoms with van der Waals surface area (Å²) in [7, 11) is 0. The zero-order valence-corrected chi connectivity index (χ0v) is 19.0. The van der Waals surface area contributed by atoms with Crippen LogP contribution in [0.2, 0.25) is 0 Å². The van der Waals surface area contributed by atoms with E-state index in [0.717, 1.165) is 11.1 Å². The van der Waals surface area contributed by atoms with Crippen molar-refractivity contribution in [3.05, 3.63) is 101 Å². The second-order valence-electron chi connectivity index (χ2n) is 8.83. The van der Waals surface area contributed by atoms with Crippen molar-refractivity contribution in [3.63, 3.8) is 0 Å². The molecule has 4 aromatic rings. The number of hydrogen-bond donors (Lipinski definition) is 0. The van der Waals surface area contributed by atoms with Gasteiger partial charge in [-0.15, -0.1) is 0 Å². The van der Waals surface area contributed by atoms with Crippen LogP contribution in [0.25, 0.3) is 5.82 Å². The van der Waals surface area contributed by atoms with E-state index in [1.54, 1.807) is 10.6 Å². The maximum absolute atomic E-state index is 13.0. The predicted octanol–water partition coefficient (Wildman–Crippen LogP) is 2.95. The van der Waals surface area contributed by atoms with Crippen LogP contribution in [0.5, 0.6) is 5.88 Å². The fourth-order valence-electron chi connectivity index (χ4n) is 4.96. The molecule has 4 atom stereocenters. The number of hydrogen-bond acceptors (Lipinski definition) is 7. The van der Waals surface area contributed by atoms with Crippen LogP contribution in [-0.4, -0.2) is 43.1 Å². The monoisotopic (exact) mass is 471 g/mol. The van der Waals surface area contributed by atoms with E-state index >= 15 is 0 Å². The van der Waals surface area contributed by atoms with Crippen LogP contribution in [0.3, 0.4) is 0 Å². The van der Waals surface area contributed by atoms with Crippen molar-refractivity contribution in [2.75, 3.05) is 6.61 Å². The molecule has 1 aliphatic heterocycles. The van der Waals surface area contributed by atoms with Gasteiger partial charge in [-0.3, -0.25) is 4.57 Å². The van der Waals surface area contributed by atoms with Gasteiger partial charge in [0.2, 0.25) is 5.88 Å². The van der Waals surface area contributed by atoms with Gasteiger partial charge in [-0.2, -0.15) is 10.1 Å². The van der Waals surface area contributed by atoms with Gasteiger partial charge in [0.15, 0.2) is 5.82 Å². The Morgan fingerprint density at radius 3 is 2.46 bits per heavy atom. The number of aromatic nitrogens is 5. The van der Waals surface area contributed by atoms with Crippen LogP contribution in [0, 0.1) is 5.92 Å². The van der Waals surface area contributed by atoms with Crippen molar-refractivity contribution in [2.45, 2.75) is 37.9 Å². The van der Waals surface area contributed by atoms with Gasteiger partial charge in [0.25, 0.3) is 0 Å². The van der Waals surface area contributed by atoms with E-state index < -0.39 is 0 Å². The molecule has 1 saturated carbocycles. The van der Waals surface area contributed by atoms with Gasteiger partial charge in [0, 0.05) is 12.0 Å². The summed E-state index contributed by atoms with van der Waals surface area (Å²) in [5.74, 6) is 0.828. The van der Waals surface area contributed by atoms with Crippen molar-refractivity contribution in [1.29, 1.82) is 0 Å². The summed E-state index contributed by atoms with van der Waals surface area (Å²) in [6.45, 7) is 1.46. The van der Waals surface area contributed by atoms with Crippen LogP contribution in [-0.2, 0) is 22.7 Å². The normalized spacial score (nSPS) is 22.5. The summed E-state index contributed by atoms with van der Waals surface area (Å²) in [4.78, 5) is 21.1. The zero-order valence-electron chi connectivity index (χ0n) is 19.0. The standard InChI is InChI=1S/C26H25N5O4/c32-26-29-23(30-17-27-16-28-30)12-24-31(26)21-11-22(34-14-19-9-5-2-6-10-19)20(25(21)35-24)15-33-13-18-7-3-1-4-8-18/h1-10,12,16-17,20-22,25H,11,13-15H2/t20-,21+,22+,25-/m0/s1. The van der Waals surface area contributed by atoms with Crippen LogP contribution < -0.4 is 10.4 Å². The molecule has 0 spiro atoms. The third-order valence-electron chi connectivity index (χ3n) is 6.63. The van der Waals surface area contributed by atoms with Crippen molar-refractivity contribution >= 4 is 0 Å². The number of nitrogens with zero attached hydrogens (tertiary/aromatic N) is 5. The second-order valence-corrected chi connectivity index (χ2v) is 8.83. The lowest BCUT2D eigenvalue weighted by Gasteiger charge is -2.24. The molecule has 3 heterocycles. The maximum Gasteiger partial charge on any atom is 0.352 e. The highest BCUT2D eigenvalue weighted by Crippen LogP contribution is 2.45. The molecule has 9 heteroatoms. The molecule has 0 N–H and O–H groups in total. The van der Waals surface area contributed by atoms with Crippen molar-refractivity contribution in [3.8, 4) is 11.7 Å². The molecule has 0 bridgehead atoms. The van der Waals surface area contributed by atoms with E-state index in [9.17, 15) is 4.79 Å². The van der Waals surface area contributed by atoms with Crippen LogP contribution in [0.15, 0.2) is 84.2 Å². The lowest BCUT2D eigenvalue weighted by molar-refractivity contribution is -0.0406. The summed E-state index contributed by atoms with van der Waals surface area (Å²) in [6, 6.07) is 21.7. The average molecular weight is 472 g/mol. The van der Waals surface area contributed by atoms with Gasteiger partial charge in [-0.05, 0) is 17.5 Å². The summed E-state index contributed by atoms with van der Waals surface area (Å²) < 4.78 is 21.9. The molecular formula is C26H25N5O4. The molecule has 2 aromatic carbocycles. The molecule has 0 radical (unpaired) electrons. The Balaban J connectivity index is 1.23. The molecule has 0 unspecified atom stereocenters. The largest absolute Gasteiger partial charge is 0.473 e.